The fourth-order valence-corrected chi connectivity index (χ4v) is 4.36. The van der Waals surface area contributed by atoms with Crippen LogP contribution >= 0.6 is 43.2 Å². The van der Waals surface area contributed by atoms with Gasteiger partial charge in [0, 0.05) is 21.9 Å². The first-order chi connectivity index (χ1) is 9.20. The molecule has 0 atom stereocenters. The summed E-state index contributed by atoms with van der Waals surface area (Å²) in [6, 6.07) is 13.7. The quantitative estimate of drug-likeness (QED) is 0.733. The lowest BCUT2D eigenvalue weighted by atomic mass is 9.76. The molecule has 0 bridgehead atoms. The topological polar surface area (TPSA) is 12.0 Å². The molecule has 4 heteroatoms. The van der Waals surface area contributed by atoms with Gasteiger partial charge >= 0.3 is 0 Å². The molecule has 1 aromatic carbocycles. The van der Waals surface area contributed by atoms with E-state index in [1.165, 1.54) is 31.5 Å². The summed E-state index contributed by atoms with van der Waals surface area (Å²) in [5, 5.41) is 3.64. The average Bonchev–Trinajstić information content (AvgIpc) is 2.73. The molecule has 1 aliphatic carbocycles. The highest BCUT2D eigenvalue weighted by molar-refractivity contribution is 9.11. The Labute approximate surface area is 134 Å². The second-order valence-electron chi connectivity index (χ2n) is 5.01. The Bertz CT molecular complexity index is 561. The summed E-state index contributed by atoms with van der Waals surface area (Å²) < 4.78 is 2.40. The van der Waals surface area contributed by atoms with Crippen molar-refractivity contribution in [3.8, 4) is 0 Å². The lowest BCUT2D eigenvalue weighted by Gasteiger charge is -2.36. The third-order valence-electron chi connectivity index (χ3n) is 3.65. The standard InChI is InChI=1S/C15H15Br2NS/c16-12-3-1-2-10(6-12)11-7-13(8-11)18-9-14-4-5-15(17)19-14/h1-6,11,13,18H,7-9H2. The summed E-state index contributed by atoms with van der Waals surface area (Å²) in [5.74, 6) is 0.727. The van der Waals surface area contributed by atoms with Gasteiger partial charge in [0.1, 0.15) is 0 Å². The lowest BCUT2D eigenvalue weighted by Crippen LogP contribution is -2.39. The molecule has 100 valence electrons. The van der Waals surface area contributed by atoms with Crippen molar-refractivity contribution >= 4 is 43.2 Å². The maximum Gasteiger partial charge on any atom is 0.0701 e. The fraction of sp³-hybridized carbons (Fsp3) is 0.333. The van der Waals surface area contributed by atoms with E-state index < -0.39 is 0 Å². The van der Waals surface area contributed by atoms with Crippen LogP contribution < -0.4 is 5.32 Å². The van der Waals surface area contributed by atoms with Crippen LogP contribution in [0.2, 0.25) is 0 Å². The molecule has 1 heterocycles. The molecule has 0 amide bonds. The van der Waals surface area contributed by atoms with Gasteiger partial charge in [0.25, 0.3) is 0 Å². The number of hydrogen-bond donors (Lipinski definition) is 1. The highest BCUT2D eigenvalue weighted by Gasteiger charge is 2.29. The summed E-state index contributed by atoms with van der Waals surface area (Å²) in [7, 11) is 0. The lowest BCUT2D eigenvalue weighted by molar-refractivity contribution is 0.290. The van der Waals surface area contributed by atoms with Crippen molar-refractivity contribution in [2.24, 2.45) is 0 Å². The Morgan fingerprint density at radius 3 is 2.68 bits per heavy atom. The minimum atomic E-state index is 0.671. The number of nitrogens with one attached hydrogen (secondary N) is 1. The van der Waals surface area contributed by atoms with Crippen LogP contribution in [0.25, 0.3) is 0 Å². The van der Waals surface area contributed by atoms with Crippen LogP contribution in [0.3, 0.4) is 0 Å². The summed E-state index contributed by atoms with van der Waals surface area (Å²) >= 11 is 8.86. The van der Waals surface area contributed by atoms with Crippen LogP contribution in [0.5, 0.6) is 0 Å². The molecular weight excluding hydrogens is 386 g/mol. The summed E-state index contributed by atoms with van der Waals surface area (Å²) in [5.41, 5.74) is 1.46. The number of thiophene rings is 1. The van der Waals surface area contributed by atoms with E-state index in [1.54, 1.807) is 0 Å². The summed E-state index contributed by atoms with van der Waals surface area (Å²) in [4.78, 5) is 1.40. The van der Waals surface area contributed by atoms with Gasteiger partial charge in [0.15, 0.2) is 0 Å². The smallest absolute Gasteiger partial charge is 0.0701 e. The molecule has 1 saturated carbocycles. The zero-order chi connectivity index (χ0) is 13.2. The molecule has 0 spiro atoms. The molecule has 0 aliphatic heterocycles. The highest BCUT2D eigenvalue weighted by atomic mass is 79.9. The van der Waals surface area contributed by atoms with Gasteiger partial charge in [-0.1, -0.05) is 28.1 Å². The van der Waals surface area contributed by atoms with Crippen molar-refractivity contribution in [1.82, 2.24) is 5.32 Å². The molecule has 1 N–H and O–H groups in total. The van der Waals surface area contributed by atoms with Crippen LogP contribution in [-0.4, -0.2) is 6.04 Å². The van der Waals surface area contributed by atoms with Crippen molar-refractivity contribution in [3.63, 3.8) is 0 Å². The molecule has 0 saturated heterocycles. The van der Waals surface area contributed by atoms with Crippen LogP contribution in [-0.2, 0) is 6.54 Å². The first kappa shape index (κ1) is 13.8. The van der Waals surface area contributed by atoms with Crippen LogP contribution in [0, 0.1) is 0 Å². The van der Waals surface area contributed by atoms with Gasteiger partial charge in [-0.2, -0.15) is 0 Å². The molecule has 3 rings (SSSR count). The highest BCUT2D eigenvalue weighted by Crippen LogP contribution is 2.37. The van der Waals surface area contributed by atoms with Gasteiger partial charge in [0.2, 0.25) is 0 Å². The van der Waals surface area contributed by atoms with Crippen molar-refractivity contribution in [3.05, 3.63) is 55.1 Å². The zero-order valence-corrected chi connectivity index (χ0v) is 14.4. The summed E-state index contributed by atoms with van der Waals surface area (Å²) in [6.07, 6.45) is 2.51. The van der Waals surface area contributed by atoms with E-state index in [0.29, 0.717) is 6.04 Å². The summed E-state index contributed by atoms with van der Waals surface area (Å²) in [6.45, 7) is 0.992. The first-order valence-electron chi connectivity index (χ1n) is 6.44. The molecular formula is C15H15Br2NS. The van der Waals surface area contributed by atoms with Crippen molar-refractivity contribution in [2.45, 2.75) is 31.3 Å². The molecule has 19 heavy (non-hydrogen) atoms. The molecule has 1 aromatic heterocycles. The van der Waals surface area contributed by atoms with Gasteiger partial charge in [0.05, 0.1) is 3.79 Å². The predicted octanol–water partition coefficient (Wildman–Crippen LogP) is 5.31. The molecule has 1 fully saturated rings. The molecule has 1 aliphatic rings. The van der Waals surface area contributed by atoms with E-state index in [1.807, 2.05) is 11.3 Å². The number of benzene rings is 1. The Morgan fingerprint density at radius 2 is 2.00 bits per heavy atom. The average molecular weight is 401 g/mol. The second kappa shape index (κ2) is 6.08. The van der Waals surface area contributed by atoms with Gasteiger partial charge in [-0.15, -0.1) is 11.3 Å². The molecule has 0 unspecified atom stereocenters. The van der Waals surface area contributed by atoms with Crippen molar-refractivity contribution in [1.29, 1.82) is 0 Å². The van der Waals surface area contributed by atoms with E-state index in [0.717, 1.165) is 12.5 Å². The molecule has 1 nitrogen and oxygen atoms in total. The normalized spacial score (nSPS) is 22.2. The minimum Gasteiger partial charge on any atom is -0.309 e. The minimum absolute atomic E-state index is 0.671. The van der Waals surface area contributed by atoms with Gasteiger partial charge in [-0.25, -0.2) is 0 Å². The maximum atomic E-state index is 3.64. The third-order valence-corrected chi connectivity index (χ3v) is 5.77. The number of rotatable bonds is 4. The number of hydrogen-bond acceptors (Lipinski definition) is 2. The van der Waals surface area contributed by atoms with Gasteiger partial charge in [-0.3, -0.25) is 0 Å². The zero-order valence-electron chi connectivity index (χ0n) is 10.4. The van der Waals surface area contributed by atoms with E-state index in [4.69, 9.17) is 0 Å². The molecule has 0 radical (unpaired) electrons. The Kier molecular flexibility index (Phi) is 4.42. The van der Waals surface area contributed by atoms with E-state index in [-0.39, 0.29) is 0 Å². The van der Waals surface area contributed by atoms with Gasteiger partial charge in [-0.05, 0) is 64.5 Å². The van der Waals surface area contributed by atoms with E-state index in [2.05, 4.69) is 73.6 Å². The predicted molar refractivity (Wildman–Crippen MR) is 88.8 cm³/mol. The van der Waals surface area contributed by atoms with Gasteiger partial charge < -0.3 is 5.32 Å². The Morgan fingerprint density at radius 1 is 1.16 bits per heavy atom. The van der Waals surface area contributed by atoms with E-state index in [9.17, 15) is 0 Å². The molecule has 2 aromatic rings. The number of halogens is 2. The second-order valence-corrected chi connectivity index (χ2v) is 8.47. The Balaban J connectivity index is 1.48. The van der Waals surface area contributed by atoms with Crippen LogP contribution in [0.4, 0.5) is 0 Å². The maximum absolute atomic E-state index is 3.64. The first-order valence-corrected chi connectivity index (χ1v) is 8.84. The van der Waals surface area contributed by atoms with Crippen molar-refractivity contribution in [2.75, 3.05) is 0 Å². The Hall–Kier alpha value is -0.160. The third kappa shape index (κ3) is 3.48. The van der Waals surface area contributed by atoms with Crippen molar-refractivity contribution < 1.29 is 0 Å². The largest absolute Gasteiger partial charge is 0.309 e. The fourth-order valence-electron chi connectivity index (χ4n) is 2.51. The SMILES string of the molecule is Brc1cccc(C2CC(NCc3ccc(Br)s3)C2)c1. The van der Waals surface area contributed by atoms with Crippen LogP contribution in [0.15, 0.2) is 44.7 Å². The van der Waals surface area contributed by atoms with Crippen LogP contribution in [0.1, 0.15) is 29.2 Å². The monoisotopic (exact) mass is 399 g/mol. The van der Waals surface area contributed by atoms with E-state index >= 15 is 0 Å².